The molecule has 2 aromatic carbocycles. The van der Waals surface area contributed by atoms with Crippen LogP contribution in [0.1, 0.15) is 17.7 Å². The number of hydrogen-bond acceptors (Lipinski definition) is 3. The van der Waals surface area contributed by atoms with Crippen molar-refractivity contribution >= 4 is 22.6 Å². The zero-order chi connectivity index (χ0) is 18.2. The Kier molecular flexibility index (Phi) is 3.89. The van der Waals surface area contributed by atoms with Gasteiger partial charge in [0, 0.05) is 41.3 Å². The Morgan fingerprint density at radius 3 is 2.85 bits per heavy atom. The molecular weight excluding hydrogens is 342 g/mol. The van der Waals surface area contributed by atoms with E-state index < -0.39 is 0 Å². The van der Waals surface area contributed by atoms with Gasteiger partial charge >= 0.3 is 6.03 Å². The van der Waals surface area contributed by atoms with Gasteiger partial charge in [0.1, 0.15) is 0 Å². The Balaban J connectivity index is 1.32. The van der Waals surface area contributed by atoms with E-state index in [2.05, 4.69) is 28.5 Å². The standard InChI is InChI=1S/C21H21N3O3/c25-21(22-14-6-7-19-20(12-14)27-11-3-10-26-19)24-9-8-16-15-4-1-2-5-17(15)23-18(16)13-24/h1-2,4-7,12,23H,3,8-11,13H2,(H,22,25). The van der Waals surface area contributed by atoms with Crippen molar-refractivity contribution in [2.45, 2.75) is 19.4 Å². The average Bonchev–Trinajstić information content (AvgIpc) is 2.90. The van der Waals surface area contributed by atoms with Crippen LogP contribution in [0.2, 0.25) is 0 Å². The summed E-state index contributed by atoms with van der Waals surface area (Å²) >= 11 is 0. The summed E-state index contributed by atoms with van der Waals surface area (Å²) < 4.78 is 11.3. The molecule has 0 bridgehead atoms. The number of H-pyrrole nitrogens is 1. The summed E-state index contributed by atoms with van der Waals surface area (Å²) in [5.74, 6) is 1.41. The minimum Gasteiger partial charge on any atom is -0.490 e. The van der Waals surface area contributed by atoms with Gasteiger partial charge in [-0.1, -0.05) is 18.2 Å². The van der Waals surface area contributed by atoms with Crippen LogP contribution < -0.4 is 14.8 Å². The summed E-state index contributed by atoms with van der Waals surface area (Å²) in [6, 6.07) is 13.7. The molecule has 0 saturated carbocycles. The molecule has 6 heteroatoms. The lowest BCUT2D eigenvalue weighted by molar-refractivity contribution is 0.206. The maximum atomic E-state index is 12.8. The highest BCUT2D eigenvalue weighted by atomic mass is 16.5. The number of urea groups is 1. The number of rotatable bonds is 1. The van der Waals surface area contributed by atoms with Gasteiger partial charge in [0.05, 0.1) is 19.8 Å². The highest BCUT2D eigenvalue weighted by molar-refractivity contribution is 5.91. The highest BCUT2D eigenvalue weighted by Gasteiger charge is 2.24. The van der Waals surface area contributed by atoms with Crippen molar-refractivity contribution in [3.63, 3.8) is 0 Å². The van der Waals surface area contributed by atoms with Crippen LogP contribution in [0.5, 0.6) is 11.5 Å². The van der Waals surface area contributed by atoms with Gasteiger partial charge < -0.3 is 24.7 Å². The Bertz CT molecular complexity index is 1010. The van der Waals surface area contributed by atoms with Crippen LogP contribution in [-0.2, 0) is 13.0 Å². The summed E-state index contributed by atoms with van der Waals surface area (Å²) in [6.45, 7) is 2.56. The number of benzene rings is 2. The lowest BCUT2D eigenvalue weighted by atomic mass is 10.0. The van der Waals surface area contributed by atoms with Crippen LogP contribution in [0.25, 0.3) is 10.9 Å². The molecule has 2 aliphatic heterocycles. The molecule has 27 heavy (non-hydrogen) atoms. The first kappa shape index (κ1) is 16.1. The summed E-state index contributed by atoms with van der Waals surface area (Å²) in [5.41, 5.74) is 4.29. The Morgan fingerprint density at radius 1 is 1.07 bits per heavy atom. The molecule has 0 aliphatic carbocycles. The largest absolute Gasteiger partial charge is 0.490 e. The van der Waals surface area contributed by atoms with Crippen molar-refractivity contribution in [1.29, 1.82) is 0 Å². The summed E-state index contributed by atoms with van der Waals surface area (Å²) in [6.07, 6.45) is 1.71. The fourth-order valence-corrected chi connectivity index (χ4v) is 3.81. The number of carbonyl (C=O) groups excluding carboxylic acids is 1. The molecule has 6 nitrogen and oxygen atoms in total. The minimum atomic E-state index is -0.103. The molecule has 0 unspecified atom stereocenters. The van der Waals surface area contributed by atoms with Crippen LogP contribution in [-0.4, -0.2) is 35.7 Å². The van der Waals surface area contributed by atoms with E-state index in [1.807, 2.05) is 29.2 Å². The number of anilines is 1. The van der Waals surface area contributed by atoms with Crippen LogP contribution >= 0.6 is 0 Å². The van der Waals surface area contributed by atoms with Gasteiger partial charge in [-0.15, -0.1) is 0 Å². The number of carbonyl (C=O) groups is 1. The monoisotopic (exact) mass is 363 g/mol. The van der Waals surface area contributed by atoms with Crippen LogP contribution in [0.4, 0.5) is 10.5 Å². The second kappa shape index (κ2) is 6.54. The minimum absolute atomic E-state index is 0.103. The van der Waals surface area contributed by atoms with E-state index in [4.69, 9.17) is 9.47 Å². The molecule has 2 amide bonds. The highest BCUT2D eigenvalue weighted by Crippen LogP contribution is 2.33. The number of aromatic amines is 1. The zero-order valence-corrected chi connectivity index (χ0v) is 15.0. The Morgan fingerprint density at radius 2 is 1.93 bits per heavy atom. The SMILES string of the molecule is O=C(Nc1ccc2c(c1)OCCCO2)N1CCc2c([nH]c3ccccc23)C1. The summed E-state index contributed by atoms with van der Waals surface area (Å²) in [5, 5.41) is 4.24. The maximum absolute atomic E-state index is 12.8. The normalized spacial score (nSPS) is 15.9. The Labute approximate surface area is 157 Å². The maximum Gasteiger partial charge on any atom is 0.322 e. The number of ether oxygens (including phenoxy) is 2. The van der Waals surface area contributed by atoms with E-state index >= 15 is 0 Å². The van der Waals surface area contributed by atoms with E-state index in [0.717, 1.165) is 29.8 Å². The molecule has 0 fully saturated rings. The van der Waals surface area contributed by atoms with Gasteiger partial charge in [-0.2, -0.15) is 0 Å². The zero-order valence-electron chi connectivity index (χ0n) is 15.0. The first-order valence-corrected chi connectivity index (χ1v) is 9.32. The number of para-hydroxylation sites is 1. The first-order chi connectivity index (χ1) is 13.3. The van der Waals surface area contributed by atoms with Crippen molar-refractivity contribution in [2.75, 3.05) is 25.1 Å². The average molecular weight is 363 g/mol. The first-order valence-electron chi connectivity index (χ1n) is 9.32. The quantitative estimate of drug-likeness (QED) is 0.689. The predicted octanol–water partition coefficient (Wildman–Crippen LogP) is 3.92. The van der Waals surface area contributed by atoms with Gasteiger partial charge in [0.2, 0.25) is 0 Å². The number of aromatic nitrogens is 1. The fourth-order valence-electron chi connectivity index (χ4n) is 3.81. The lowest BCUT2D eigenvalue weighted by Gasteiger charge is -2.27. The molecule has 0 radical (unpaired) electrons. The van der Waals surface area contributed by atoms with Crippen LogP contribution in [0.3, 0.4) is 0 Å². The van der Waals surface area contributed by atoms with Gasteiger partial charge in [-0.25, -0.2) is 4.79 Å². The van der Waals surface area contributed by atoms with Crippen molar-refractivity contribution in [2.24, 2.45) is 0 Å². The van der Waals surface area contributed by atoms with E-state index in [0.29, 0.717) is 37.7 Å². The van der Waals surface area contributed by atoms with Crippen molar-refractivity contribution < 1.29 is 14.3 Å². The van der Waals surface area contributed by atoms with Gasteiger partial charge in [0.25, 0.3) is 0 Å². The third kappa shape index (κ3) is 2.97. The summed E-state index contributed by atoms with van der Waals surface area (Å²) in [7, 11) is 0. The molecule has 138 valence electrons. The number of nitrogens with one attached hydrogen (secondary N) is 2. The number of amides is 2. The third-order valence-electron chi connectivity index (χ3n) is 5.17. The molecule has 3 aromatic rings. The van der Waals surface area contributed by atoms with E-state index in [1.165, 1.54) is 10.9 Å². The molecule has 5 rings (SSSR count). The van der Waals surface area contributed by atoms with E-state index in [9.17, 15) is 4.79 Å². The van der Waals surface area contributed by atoms with Crippen molar-refractivity contribution in [3.05, 3.63) is 53.7 Å². The molecule has 1 aromatic heterocycles. The second-order valence-electron chi connectivity index (χ2n) is 6.94. The molecule has 0 spiro atoms. The molecule has 2 aliphatic rings. The molecule has 0 atom stereocenters. The lowest BCUT2D eigenvalue weighted by Crippen LogP contribution is -2.38. The molecule has 3 heterocycles. The topological polar surface area (TPSA) is 66.6 Å². The van der Waals surface area contributed by atoms with Gasteiger partial charge in [-0.3, -0.25) is 0 Å². The smallest absolute Gasteiger partial charge is 0.322 e. The van der Waals surface area contributed by atoms with E-state index in [-0.39, 0.29) is 6.03 Å². The molecule has 2 N–H and O–H groups in total. The van der Waals surface area contributed by atoms with E-state index in [1.54, 1.807) is 0 Å². The molecule has 0 saturated heterocycles. The predicted molar refractivity (Wildman–Crippen MR) is 103 cm³/mol. The molecular formula is C21H21N3O3. The van der Waals surface area contributed by atoms with Crippen molar-refractivity contribution in [1.82, 2.24) is 9.88 Å². The number of hydrogen-bond donors (Lipinski definition) is 2. The number of fused-ring (bicyclic) bond motifs is 4. The van der Waals surface area contributed by atoms with Crippen LogP contribution in [0, 0.1) is 0 Å². The van der Waals surface area contributed by atoms with Crippen LogP contribution in [0.15, 0.2) is 42.5 Å². The number of nitrogens with zero attached hydrogens (tertiary/aromatic N) is 1. The fraction of sp³-hybridized carbons (Fsp3) is 0.286. The van der Waals surface area contributed by atoms with Crippen molar-refractivity contribution in [3.8, 4) is 11.5 Å². The van der Waals surface area contributed by atoms with Gasteiger partial charge in [-0.05, 0) is 30.2 Å². The van der Waals surface area contributed by atoms with Gasteiger partial charge in [0.15, 0.2) is 11.5 Å². The Hall–Kier alpha value is -3.15. The summed E-state index contributed by atoms with van der Waals surface area (Å²) in [4.78, 5) is 18.0. The second-order valence-corrected chi connectivity index (χ2v) is 6.94. The third-order valence-corrected chi connectivity index (χ3v) is 5.17.